The summed E-state index contributed by atoms with van der Waals surface area (Å²) >= 11 is 0. The van der Waals surface area contributed by atoms with Crippen molar-refractivity contribution in [3.8, 4) is 11.5 Å². The van der Waals surface area contributed by atoms with Gasteiger partial charge in [0.05, 0.1) is 14.2 Å². The molecule has 0 aromatic heterocycles. The topological polar surface area (TPSA) is 75.7 Å². The van der Waals surface area contributed by atoms with Crippen LogP contribution in [0.4, 0.5) is 0 Å². The van der Waals surface area contributed by atoms with Gasteiger partial charge >= 0.3 is 0 Å². The predicted octanol–water partition coefficient (Wildman–Crippen LogP) is 0.807. The molecule has 0 N–H and O–H groups in total. The fraction of sp³-hybridized carbons (Fsp3) is 0.385. The van der Waals surface area contributed by atoms with E-state index in [0.29, 0.717) is 17.1 Å². The van der Waals surface area contributed by atoms with Gasteiger partial charge in [-0.05, 0) is 31.0 Å². The van der Waals surface area contributed by atoms with Crippen molar-refractivity contribution >= 4 is 11.8 Å². The Hall–Kier alpha value is -2.04. The standard InChI is InChI=1S/C13H16O5/c1-17-11-7-6-9(8-12(11)18-2)10(14)4-3-5-13(15)16/h6-8H,3-5H2,1-2H3,(H,15,16)/p-1. The molecule has 0 unspecified atom stereocenters. The number of carboxylic acids is 1. The number of benzene rings is 1. The third-order valence-electron chi connectivity index (χ3n) is 2.49. The number of hydrogen-bond donors (Lipinski definition) is 0. The van der Waals surface area contributed by atoms with Crippen LogP contribution >= 0.6 is 0 Å². The van der Waals surface area contributed by atoms with Crippen molar-refractivity contribution in [1.29, 1.82) is 0 Å². The molecule has 0 aliphatic rings. The highest BCUT2D eigenvalue weighted by Crippen LogP contribution is 2.28. The lowest BCUT2D eigenvalue weighted by molar-refractivity contribution is -0.305. The van der Waals surface area contributed by atoms with E-state index in [1.807, 2.05) is 0 Å². The van der Waals surface area contributed by atoms with Gasteiger partial charge in [-0.2, -0.15) is 0 Å². The van der Waals surface area contributed by atoms with Crippen molar-refractivity contribution in [2.24, 2.45) is 0 Å². The SMILES string of the molecule is COc1ccc(C(=O)CCCC(=O)[O-])cc1OC. The number of carbonyl (C=O) groups excluding carboxylic acids is 2. The summed E-state index contributed by atoms with van der Waals surface area (Å²) in [6, 6.07) is 4.85. The Morgan fingerprint density at radius 1 is 1.11 bits per heavy atom. The number of carboxylic acid groups (broad SMARTS) is 1. The van der Waals surface area contributed by atoms with Crippen molar-refractivity contribution < 1.29 is 24.2 Å². The van der Waals surface area contributed by atoms with Gasteiger partial charge in [0.1, 0.15) is 0 Å². The highest BCUT2D eigenvalue weighted by atomic mass is 16.5. The lowest BCUT2D eigenvalue weighted by atomic mass is 10.0. The average Bonchev–Trinajstić information content (AvgIpc) is 2.37. The van der Waals surface area contributed by atoms with Crippen LogP contribution in [0, 0.1) is 0 Å². The molecule has 0 bridgehead atoms. The molecule has 0 fully saturated rings. The number of methoxy groups -OCH3 is 2. The Balaban J connectivity index is 2.71. The molecular formula is C13H15O5-. The van der Waals surface area contributed by atoms with Crippen LogP contribution in [0.1, 0.15) is 29.6 Å². The first-order chi connectivity index (χ1) is 8.58. The fourth-order valence-corrected chi connectivity index (χ4v) is 1.55. The molecule has 18 heavy (non-hydrogen) atoms. The Bertz CT molecular complexity index is 439. The van der Waals surface area contributed by atoms with Gasteiger partial charge in [0.2, 0.25) is 0 Å². The van der Waals surface area contributed by atoms with E-state index in [1.165, 1.54) is 14.2 Å². The second kappa shape index (κ2) is 6.64. The van der Waals surface area contributed by atoms with Crippen LogP contribution in [0.15, 0.2) is 18.2 Å². The van der Waals surface area contributed by atoms with Crippen molar-refractivity contribution in [1.82, 2.24) is 0 Å². The van der Waals surface area contributed by atoms with Gasteiger partial charge in [-0.3, -0.25) is 4.79 Å². The monoisotopic (exact) mass is 251 g/mol. The van der Waals surface area contributed by atoms with Gasteiger partial charge in [0.25, 0.3) is 0 Å². The summed E-state index contributed by atoms with van der Waals surface area (Å²) in [4.78, 5) is 22.0. The highest BCUT2D eigenvalue weighted by molar-refractivity contribution is 5.96. The average molecular weight is 251 g/mol. The summed E-state index contributed by atoms with van der Waals surface area (Å²) in [5.74, 6) is -0.251. The van der Waals surface area contributed by atoms with Crippen molar-refractivity contribution in [2.75, 3.05) is 14.2 Å². The Morgan fingerprint density at radius 2 is 1.78 bits per heavy atom. The second-order valence-corrected chi connectivity index (χ2v) is 3.72. The van der Waals surface area contributed by atoms with Crippen molar-refractivity contribution in [3.05, 3.63) is 23.8 Å². The van der Waals surface area contributed by atoms with E-state index in [0.717, 1.165) is 0 Å². The summed E-state index contributed by atoms with van der Waals surface area (Å²) in [6.45, 7) is 0. The van der Waals surface area contributed by atoms with E-state index in [-0.39, 0.29) is 25.0 Å². The number of rotatable bonds is 7. The van der Waals surface area contributed by atoms with Crippen LogP contribution in [-0.2, 0) is 4.79 Å². The first-order valence-corrected chi connectivity index (χ1v) is 5.53. The van der Waals surface area contributed by atoms with E-state index in [4.69, 9.17) is 9.47 Å². The summed E-state index contributed by atoms with van der Waals surface area (Å²) in [7, 11) is 3.00. The largest absolute Gasteiger partial charge is 0.550 e. The number of hydrogen-bond acceptors (Lipinski definition) is 5. The lowest BCUT2D eigenvalue weighted by Crippen LogP contribution is -2.21. The Labute approximate surface area is 105 Å². The number of aliphatic carboxylic acids is 1. The third kappa shape index (κ3) is 3.76. The molecule has 1 aromatic rings. The van der Waals surface area contributed by atoms with Crippen LogP contribution in [0.3, 0.4) is 0 Å². The van der Waals surface area contributed by atoms with E-state index in [1.54, 1.807) is 18.2 Å². The Morgan fingerprint density at radius 3 is 2.33 bits per heavy atom. The van der Waals surface area contributed by atoms with E-state index >= 15 is 0 Å². The van der Waals surface area contributed by atoms with Crippen LogP contribution in [0.2, 0.25) is 0 Å². The van der Waals surface area contributed by atoms with Gasteiger partial charge in [-0.15, -0.1) is 0 Å². The normalized spacial score (nSPS) is 9.89. The minimum Gasteiger partial charge on any atom is -0.550 e. The zero-order valence-corrected chi connectivity index (χ0v) is 10.4. The van der Waals surface area contributed by atoms with Gasteiger partial charge in [0.15, 0.2) is 17.3 Å². The maximum absolute atomic E-state index is 11.8. The molecule has 98 valence electrons. The van der Waals surface area contributed by atoms with Crippen LogP contribution < -0.4 is 14.6 Å². The number of Topliss-reactive ketones (excluding diaryl/α,β-unsaturated/α-hetero) is 1. The summed E-state index contributed by atoms with van der Waals surface area (Å²) < 4.78 is 10.1. The molecule has 0 aliphatic heterocycles. The molecule has 5 heteroatoms. The maximum Gasteiger partial charge on any atom is 0.163 e. The van der Waals surface area contributed by atoms with Gasteiger partial charge in [-0.1, -0.05) is 0 Å². The smallest absolute Gasteiger partial charge is 0.163 e. The molecule has 0 atom stereocenters. The zero-order valence-electron chi connectivity index (χ0n) is 10.4. The number of ketones is 1. The molecular weight excluding hydrogens is 236 g/mol. The maximum atomic E-state index is 11.8. The minimum atomic E-state index is -1.14. The molecule has 5 nitrogen and oxygen atoms in total. The zero-order chi connectivity index (χ0) is 13.5. The quantitative estimate of drug-likeness (QED) is 0.670. The second-order valence-electron chi connectivity index (χ2n) is 3.72. The van der Waals surface area contributed by atoms with E-state index < -0.39 is 5.97 Å². The van der Waals surface area contributed by atoms with Crippen molar-refractivity contribution in [3.63, 3.8) is 0 Å². The van der Waals surface area contributed by atoms with Crippen LogP contribution in [0.25, 0.3) is 0 Å². The lowest BCUT2D eigenvalue weighted by Gasteiger charge is -2.09. The van der Waals surface area contributed by atoms with Crippen molar-refractivity contribution in [2.45, 2.75) is 19.3 Å². The molecule has 0 aliphatic carbocycles. The molecule has 0 radical (unpaired) electrons. The van der Waals surface area contributed by atoms with E-state index in [2.05, 4.69) is 0 Å². The van der Waals surface area contributed by atoms with Gasteiger partial charge in [0, 0.05) is 18.0 Å². The first-order valence-electron chi connectivity index (χ1n) is 5.53. The molecule has 1 aromatic carbocycles. The first kappa shape index (κ1) is 14.0. The Kier molecular flexibility index (Phi) is 5.17. The van der Waals surface area contributed by atoms with Gasteiger partial charge in [-0.25, -0.2) is 0 Å². The molecule has 0 spiro atoms. The predicted molar refractivity (Wildman–Crippen MR) is 62.7 cm³/mol. The fourth-order valence-electron chi connectivity index (χ4n) is 1.55. The van der Waals surface area contributed by atoms with Gasteiger partial charge < -0.3 is 19.4 Å². The third-order valence-corrected chi connectivity index (χ3v) is 2.49. The van der Waals surface area contributed by atoms with Crippen LogP contribution in [-0.4, -0.2) is 26.0 Å². The number of ether oxygens (including phenoxy) is 2. The summed E-state index contributed by atoms with van der Waals surface area (Å²) in [5.41, 5.74) is 0.478. The molecule has 0 heterocycles. The molecule has 0 amide bonds. The number of carbonyl (C=O) groups is 2. The summed E-state index contributed by atoms with van der Waals surface area (Å²) in [5, 5.41) is 10.2. The van der Waals surface area contributed by atoms with E-state index in [9.17, 15) is 14.7 Å². The molecule has 1 rings (SSSR count). The van der Waals surface area contributed by atoms with Crippen LogP contribution in [0.5, 0.6) is 11.5 Å². The summed E-state index contributed by atoms with van der Waals surface area (Å²) in [6.07, 6.45) is 0.331. The molecule has 0 saturated carbocycles. The highest BCUT2D eigenvalue weighted by Gasteiger charge is 2.10. The minimum absolute atomic E-state index is 0.112. The molecule has 0 saturated heterocycles.